The van der Waals surface area contributed by atoms with Crippen LogP contribution >= 0.6 is 0 Å². The van der Waals surface area contributed by atoms with Gasteiger partial charge in [-0.05, 0) is 54.6 Å². The number of anilines is 2. The van der Waals surface area contributed by atoms with Gasteiger partial charge in [0, 0.05) is 11.1 Å². The van der Waals surface area contributed by atoms with E-state index < -0.39 is 9.84 Å². The summed E-state index contributed by atoms with van der Waals surface area (Å²) in [6.07, 6.45) is 0. The molecule has 0 aliphatic carbocycles. The molecule has 1 N–H and O–H groups in total. The topological polar surface area (TPSA) is 59.1 Å². The van der Waals surface area contributed by atoms with Gasteiger partial charge in [0.15, 0.2) is 9.84 Å². The molecule has 4 nitrogen and oxygen atoms in total. The summed E-state index contributed by atoms with van der Waals surface area (Å²) in [5, 5.41) is 3.84. The van der Waals surface area contributed by atoms with Crippen molar-refractivity contribution < 1.29 is 12.8 Å². The van der Waals surface area contributed by atoms with E-state index in [0.717, 1.165) is 11.1 Å². The fourth-order valence-corrected chi connectivity index (χ4v) is 3.13. The summed E-state index contributed by atoms with van der Waals surface area (Å²) in [5.41, 5.74) is 1.41. The van der Waals surface area contributed by atoms with Crippen LogP contribution in [0.4, 0.5) is 15.9 Å². The lowest BCUT2D eigenvalue weighted by Gasteiger charge is -2.08. The number of hydrogen-bond donors (Lipinski definition) is 1. The van der Waals surface area contributed by atoms with Gasteiger partial charge in [0.2, 0.25) is 0 Å². The van der Waals surface area contributed by atoms with Crippen LogP contribution in [0, 0.1) is 5.82 Å². The van der Waals surface area contributed by atoms with E-state index in [1.165, 1.54) is 12.1 Å². The van der Waals surface area contributed by atoms with Crippen molar-refractivity contribution in [3.63, 3.8) is 0 Å². The minimum absolute atomic E-state index is 0.0656. The number of nitrogens with zero attached hydrogens (tertiary/aromatic N) is 1. The maximum absolute atomic E-state index is 12.9. The number of fused-ring (bicyclic) bond motifs is 1. The summed E-state index contributed by atoms with van der Waals surface area (Å²) < 4.78 is 36.7. The molecular formula is C17H15FN2O2S. The molecule has 2 aromatic carbocycles. The zero-order valence-electron chi connectivity index (χ0n) is 12.5. The molecule has 1 aromatic heterocycles. The predicted octanol–water partition coefficient (Wildman–Crippen LogP) is 3.91. The first kappa shape index (κ1) is 15.4. The second kappa shape index (κ2) is 5.96. The standard InChI is InChI=1S/C17H15FN2O2S/c1-2-23(21,22)15-8-9-16-12(11-15)3-10-17(20-16)19-14-6-4-13(18)5-7-14/h3-11H,2H2,1H3,(H,19,20). The molecule has 0 fully saturated rings. The normalized spacial score (nSPS) is 11.6. The van der Waals surface area contributed by atoms with E-state index in [9.17, 15) is 12.8 Å². The number of nitrogens with one attached hydrogen (secondary N) is 1. The van der Waals surface area contributed by atoms with Crippen LogP contribution in [-0.4, -0.2) is 19.2 Å². The average Bonchev–Trinajstić information content (AvgIpc) is 2.56. The van der Waals surface area contributed by atoms with Crippen molar-refractivity contribution in [2.45, 2.75) is 11.8 Å². The van der Waals surface area contributed by atoms with Gasteiger partial charge in [-0.2, -0.15) is 0 Å². The molecule has 0 radical (unpaired) electrons. The van der Waals surface area contributed by atoms with E-state index in [4.69, 9.17) is 0 Å². The summed E-state index contributed by atoms with van der Waals surface area (Å²) in [4.78, 5) is 4.74. The summed E-state index contributed by atoms with van der Waals surface area (Å²) in [6, 6.07) is 14.4. The Morgan fingerprint density at radius 2 is 1.78 bits per heavy atom. The van der Waals surface area contributed by atoms with E-state index in [1.54, 1.807) is 43.3 Å². The van der Waals surface area contributed by atoms with Crippen molar-refractivity contribution in [3.05, 3.63) is 60.4 Å². The maximum Gasteiger partial charge on any atom is 0.178 e. The number of aromatic nitrogens is 1. The first-order valence-corrected chi connectivity index (χ1v) is 8.79. The Morgan fingerprint density at radius 3 is 2.48 bits per heavy atom. The van der Waals surface area contributed by atoms with E-state index in [0.29, 0.717) is 16.2 Å². The number of pyridine rings is 1. The fourth-order valence-electron chi connectivity index (χ4n) is 2.21. The molecular weight excluding hydrogens is 315 g/mol. The highest BCUT2D eigenvalue weighted by Crippen LogP contribution is 2.22. The smallest absolute Gasteiger partial charge is 0.178 e. The highest BCUT2D eigenvalue weighted by molar-refractivity contribution is 7.91. The van der Waals surface area contributed by atoms with Crippen LogP contribution in [0.2, 0.25) is 0 Å². The van der Waals surface area contributed by atoms with Gasteiger partial charge in [-0.1, -0.05) is 6.92 Å². The molecule has 1 heterocycles. The number of hydrogen-bond acceptors (Lipinski definition) is 4. The van der Waals surface area contributed by atoms with Crippen LogP contribution in [0.5, 0.6) is 0 Å². The Balaban J connectivity index is 1.93. The van der Waals surface area contributed by atoms with Crippen molar-refractivity contribution in [2.24, 2.45) is 0 Å². The predicted molar refractivity (Wildman–Crippen MR) is 89.2 cm³/mol. The molecule has 0 aliphatic heterocycles. The van der Waals surface area contributed by atoms with Gasteiger partial charge in [0.25, 0.3) is 0 Å². The highest BCUT2D eigenvalue weighted by Gasteiger charge is 2.12. The summed E-state index contributed by atoms with van der Waals surface area (Å²) in [5.74, 6) is 0.373. The van der Waals surface area contributed by atoms with Gasteiger partial charge in [-0.3, -0.25) is 0 Å². The Morgan fingerprint density at radius 1 is 1.04 bits per heavy atom. The molecule has 23 heavy (non-hydrogen) atoms. The molecule has 0 amide bonds. The third-order valence-corrected chi connectivity index (χ3v) is 5.25. The molecule has 0 atom stereocenters. The first-order valence-electron chi connectivity index (χ1n) is 7.14. The molecule has 0 saturated carbocycles. The lowest BCUT2D eigenvalue weighted by atomic mass is 10.2. The monoisotopic (exact) mass is 330 g/mol. The lowest BCUT2D eigenvalue weighted by molar-refractivity contribution is 0.597. The minimum Gasteiger partial charge on any atom is -0.340 e. The van der Waals surface area contributed by atoms with E-state index in [1.807, 2.05) is 6.07 Å². The third-order valence-electron chi connectivity index (χ3n) is 3.52. The lowest BCUT2D eigenvalue weighted by Crippen LogP contribution is -2.03. The molecule has 0 aliphatic rings. The molecule has 3 rings (SSSR count). The molecule has 0 saturated heterocycles. The van der Waals surface area contributed by atoms with Crippen molar-refractivity contribution in [1.29, 1.82) is 0 Å². The zero-order valence-corrected chi connectivity index (χ0v) is 13.3. The SMILES string of the molecule is CCS(=O)(=O)c1ccc2nc(Nc3ccc(F)cc3)ccc2c1. The van der Waals surface area contributed by atoms with Gasteiger partial charge in [-0.15, -0.1) is 0 Å². The van der Waals surface area contributed by atoms with Gasteiger partial charge < -0.3 is 5.32 Å². The second-order valence-electron chi connectivity index (χ2n) is 5.09. The minimum atomic E-state index is -3.23. The Kier molecular flexibility index (Phi) is 4.00. The number of rotatable bonds is 4. The van der Waals surface area contributed by atoms with Crippen molar-refractivity contribution in [1.82, 2.24) is 4.98 Å². The molecule has 3 aromatic rings. The van der Waals surface area contributed by atoms with Crippen molar-refractivity contribution >= 4 is 32.2 Å². The second-order valence-corrected chi connectivity index (χ2v) is 7.36. The molecule has 0 bridgehead atoms. The van der Waals surface area contributed by atoms with Crippen molar-refractivity contribution in [2.75, 3.05) is 11.1 Å². The summed E-state index contributed by atoms with van der Waals surface area (Å²) >= 11 is 0. The molecule has 6 heteroatoms. The van der Waals surface area contributed by atoms with Gasteiger partial charge in [0.1, 0.15) is 11.6 Å². The van der Waals surface area contributed by atoms with Crippen LogP contribution in [0.1, 0.15) is 6.92 Å². The number of sulfone groups is 1. The third kappa shape index (κ3) is 3.32. The Bertz CT molecular complexity index is 954. The Hall–Kier alpha value is -2.47. The largest absolute Gasteiger partial charge is 0.340 e. The zero-order chi connectivity index (χ0) is 16.4. The Labute approximate surface area is 133 Å². The van der Waals surface area contributed by atoms with Crippen LogP contribution < -0.4 is 5.32 Å². The van der Waals surface area contributed by atoms with Crippen LogP contribution in [0.15, 0.2) is 59.5 Å². The van der Waals surface area contributed by atoms with Gasteiger partial charge in [0.05, 0.1) is 16.2 Å². The number of halogens is 1. The molecule has 0 spiro atoms. The quantitative estimate of drug-likeness (QED) is 0.788. The molecule has 0 unspecified atom stereocenters. The highest BCUT2D eigenvalue weighted by atomic mass is 32.2. The fraction of sp³-hybridized carbons (Fsp3) is 0.118. The average molecular weight is 330 g/mol. The van der Waals surface area contributed by atoms with Crippen LogP contribution in [0.3, 0.4) is 0 Å². The first-order chi connectivity index (χ1) is 11.0. The maximum atomic E-state index is 12.9. The van der Waals surface area contributed by atoms with Gasteiger partial charge >= 0.3 is 0 Å². The van der Waals surface area contributed by atoms with E-state index >= 15 is 0 Å². The number of benzene rings is 2. The van der Waals surface area contributed by atoms with E-state index in [2.05, 4.69) is 10.3 Å². The molecule has 118 valence electrons. The summed E-state index contributed by atoms with van der Waals surface area (Å²) in [6.45, 7) is 1.62. The van der Waals surface area contributed by atoms with Crippen LogP contribution in [-0.2, 0) is 9.84 Å². The van der Waals surface area contributed by atoms with Crippen LogP contribution in [0.25, 0.3) is 10.9 Å². The van der Waals surface area contributed by atoms with Gasteiger partial charge in [-0.25, -0.2) is 17.8 Å². The van der Waals surface area contributed by atoms with Crippen molar-refractivity contribution in [3.8, 4) is 0 Å². The summed E-state index contributed by atoms with van der Waals surface area (Å²) in [7, 11) is -3.23. The van der Waals surface area contributed by atoms with E-state index in [-0.39, 0.29) is 11.6 Å².